The summed E-state index contributed by atoms with van der Waals surface area (Å²) in [5.74, 6) is -0.408. The van der Waals surface area contributed by atoms with Gasteiger partial charge in [-0.2, -0.15) is 0 Å². The molecule has 10 heteroatoms. The number of carbonyl (C=O) groups excluding carboxylic acids is 1. The number of fused-ring (bicyclic) bond motifs is 1. The van der Waals surface area contributed by atoms with Gasteiger partial charge >= 0.3 is 6.36 Å². The van der Waals surface area contributed by atoms with Crippen LogP contribution in [0.3, 0.4) is 0 Å². The fourth-order valence-corrected chi connectivity index (χ4v) is 2.80. The summed E-state index contributed by atoms with van der Waals surface area (Å²) in [6.07, 6.45) is -4.44. The Morgan fingerprint density at radius 3 is 2.57 bits per heavy atom. The monoisotopic (exact) mass is 506 g/mol. The minimum absolute atomic E-state index is 0. The van der Waals surface area contributed by atoms with E-state index in [1.165, 1.54) is 24.3 Å². The summed E-state index contributed by atoms with van der Waals surface area (Å²) in [4.78, 5) is 16.1. The Kier molecular flexibility index (Phi) is 7.11. The van der Waals surface area contributed by atoms with Crippen molar-refractivity contribution in [2.24, 2.45) is 10.7 Å². The number of amides is 1. The normalized spacial score (nSPS) is 16.5. The summed E-state index contributed by atoms with van der Waals surface area (Å²) >= 11 is 0. The highest BCUT2D eigenvalue weighted by atomic mass is 127. The molecule has 0 radical (unpaired) electrons. The van der Waals surface area contributed by atoms with Crippen molar-refractivity contribution < 1.29 is 22.7 Å². The molecule has 2 aromatic rings. The zero-order chi connectivity index (χ0) is 19.4. The standard InChI is InChI=1S/C18H17F3N4O2.HI/c19-18(20,21)27-13-7-5-12(6-8-13)24-17(22)23-10-11-9-16(26)25-15-4-2-1-3-14(11)15;/h1-8,11H,9-10H2,(H,25,26)(H3,22,23,24);1H. The lowest BCUT2D eigenvalue weighted by Gasteiger charge is -2.24. The number of halogens is 4. The molecule has 1 atom stereocenters. The molecule has 150 valence electrons. The van der Waals surface area contributed by atoms with E-state index in [4.69, 9.17) is 5.73 Å². The van der Waals surface area contributed by atoms with Gasteiger partial charge in [0.1, 0.15) is 5.75 Å². The van der Waals surface area contributed by atoms with E-state index in [1.54, 1.807) is 0 Å². The van der Waals surface area contributed by atoms with E-state index < -0.39 is 6.36 Å². The zero-order valence-corrected chi connectivity index (χ0v) is 16.8. The molecule has 1 aliphatic rings. The molecular formula is C18H18F3IN4O2. The maximum absolute atomic E-state index is 12.2. The van der Waals surface area contributed by atoms with Gasteiger partial charge in [-0.05, 0) is 35.9 Å². The van der Waals surface area contributed by atoms with Crippen LogP contribution < -0.4 is 21.1 Å². The molecule has 6 nitrogen and oxygen atoms in total. The van der Waals surface area contributed by atoms with E-state index in [-0.39, 0.29) is 47.5 Å². The van der Waals surface area contributed by atoms with E-state index in [0.717, 1.165) is 11.3 Å². The first kappa shape index (κ1) is 21.8. The summed E-state index contributed by atoms with van der Waals surface area (Å²) in [6.45, 7) is 0.304. The van der Waals surface area contributed by atoms with Gasteiger partial charge in [-0.15, -0.1) is 37.1 Å². The van der Waals surface area contributed by atoms with Crippen LogP contribution in [0.4, 0.5) is 24.5 Å². The molecule has 28 heavy (non-hydrogen) atoms. The number of ether oxygens (including phenoxy) is 1. The molecule has 0 fully saturated rings. The molecule has 3 rings (SSSR count). The molecule has 0 saturated heterocycles. The van der Waals surface area contributed by atoms with Crippen molar-refractivity contribution in [3.63, 3.8) is 0 Å². The lowest BCUT2D eigenvalue weighted by Crippen LogP contribution is -2.27. The number of carbonyl (C=O) groups is 1. The predicted molar refractivity (Wildman–Crippen MR) is 111 cm³/mol. The summed E-state index contributed by atoms with van der Waals surface area (Å²) in [5, 5.41) is 5.61. The predicted octanol–water partition coefficient (Wildman–Crippen LogP) is 4.06. The third-order valence-corrected chi connectivity index (χ3v) is 3.95. The molecule has 0 aliphatic carbocycles. The zero-order valence-electron chi connectivity index (χ0n) is 14.5. The first-order valence-electron chi connectivity index (χ1n) is 8.12. The lowest BCUT2D eigenvalue weighted by molar-refractivity contribution is -0.274. The van der Waals surface area contributed by atoms with Crippen LogP contribution in [0.5, 0.6) is 5.75 Å². The molecule has 1 amide bonds. The van der Waals surface area contributed by atoms with Gasteiger partial charge in [0.25, 0.3) is 0 Å². The van der Waals surface area contributed by atoms with Crippen LogP contribution in [0, 0.1) is 0 Å². The number of hydrogen-bond acceptors (Lipinski definition) is 3. The maximum Gasteiger partial charge on any atom is 0.573 e. The van der Waals surface area contributed by atoms with Crippen LogP contribution in [0.15, 0.2) is 53.5 Å². The van der Waals surface area contributed by atoms with Gasteiger partial charge in [0.05, 0.1) is 6.54 Å². The minimum atomic E-state index is -4.74. The number of para-hydroxylation sites is 1. The fraction of sp³-hybridized carbons (Fsp3) is 0.222. The summed E-state index contributed by atoms with van der Waals surface area (Å²) in [5.41, 5.74) is 8.06. The number of aliphatic imine (C=N–C) groups is 1. The largest absolute Gasteiger partial charge is 0.573 e. The third-order valence-electron chi connectivity index (χ3n) is 3.95. The Hall–Kier alpha value is -2.50. The minimum Gasteiger partial charge on any atom is -0.406 e. The van der Waals surface area contributed by atoms with Crippen LogP contribution >= 0.6 is 24.0 Å². The van der Waals surface area contributed by atoms with Gasteiger partial charge < -0.3 is 21.1 Å². The van der Waals surface area contributed by atoms with Crippen molar-refractivity contribution in [3.8, 4) is 5.75 Å². The van der Waals surface area contributed by atoms with E-state index >= 15 is 0 Å². The molecule has 1 aliphatic heterocycles. The Morgan fingerprint density at radius 2 is 1.89 bits per heavy atom. The second kappa shape index (κ2) is 9.13. The van der Waals surface area contributed by atoms with Gasteiger partial charge in [0.2, 0.25) is 5.91 Å². The van der Waals surface area contributed by atoms with E-state index in [9.17, 15) is 18.0 Å². The topological polar surface area (TPSA) is 88.7 Å². The van der Waals surface area contributed by atoms with Gasteiger partial charge in [-0.1, -0.05) is 18.2 Å². The lowest BCUT2D eigenvalue weighted by atomic mass is 9.91. The van der Waals surface area contributed by atoms with Crippen LogP contribution in [0.25, 0.3) is 0 Å². The summed E-state index contributed by atoms with van der Waals surface area (Å²) < 4.78 is 40.3. The second-order valence-corrected chi connectivity index (χ2v) is 5.96. The average molecular weight is 506 g/mol. The first-order chi connectivity index (χ1) is 12.8. The number of nitrogens with one attached hydrogen (secondary N) is 2. The third kappa shape index (κ3) is 6.01. The summed E-state index contributed by atoms with van der Waals surface area (Å²) in [6, 6.07) is 12.6. The van der Waals surface area contributed by atoms with Crippen LogP contribution in [-0.2, 0) is 4.79 Å². The number of benzene rings is 2. The molecule has 1 unspecified atom stereocenters. The molecule has 1 heterocycles. The van der Waals surface area contributed by atoms with E-state index in [2.05, 4.69) is 20.4 Å². The highest BCUT2D eigenvalue weighted by Gasteiger charge is 2.31. The molecule has 0 aromatic heterocycles. The highest BCUT2D eigenvalue weighted by Crippen LogP contribution is 2.32. The number of rotatable bonds is 4. The number of nitrogens with two attached hydrogens (primary N) is 1. The van der Waals surface area contributed by atoms with Crippen molar-refractivity contribution in [1.29, 1.82) is 0 Å². The Morgan fingerprint density at radius 1 is 1.21 bits per heavy atom. The van der Waals surface area contributed by atoms with Gasteiger partial charge in [-0.3, -0.25) is 9.79 Å². The van der Waals surface area contributed by atoms with Gasteiger partial charge in [0, 0.05) is 23.7 Å². The average Bonchev–Trinajstić information content (AvgIpc) is 2.60. The van der Waals surface area contributed by atoms with Crippen LogP contribution in [0.1, 0.15) is 17.9 Å². The van der Waals surface area contributed by atoms with Crippen molar-refractivity contribution in [1.82, 2.24) is 0 Å². The van der Waals surface area contributed by atoms with Crippen molar-refractivity contribution in [2.45, 2.75) is 18.7 Å². The molecular weight excluding hydrogens is 488 g/mol. The molecule has 2 aromatic carbocycles. The Bertz CT molecular complexity index is 857. The smallest absolute Gasteiger partial charge is 0.406 e. The maximum atomic E-state index is 12.2. The van der Waals surface area contributed by atoms with Crippen molar-refractivity contribution in [3.05, 3.63) is 54.1 Å². The first-order valence-corrected chi connectivity index (χ1v) is 8.12. The number of alkyl halides is 3. The van der Waals surface area contributed by atoms with Crippen LogP contribution in [-0.4, -0.2) is 24.8 Å². The number of nitrogens with zero attached hydrogens (tertiary/aromatic N) is 1. The quantitative estimate of drug-likeness (QED) is 0.332. The van der Waals surface area contributed by atoms with Gasteiger partial charge in [0.15, 0.2) is 5.96 Å². The van der Waals surface area contributed by atoms with E-state index in [1.807, 2.05) is 24.3 Å². The highest BCUT2D eigenvalue weighted by molar-refractivity contribution is 14.0. The number of hydrogen-bond donors (Lipinski definition) is 3. The summed E-state index contributed by atoms with van der Waals surface area (Å²) in [7, 11) is 0. The molecule has 0 saturated carbocycles. The SMILES string of the molecule is I.NC(=NCC1CC(=O)Nc2ccccc21)Nc1ccc(OC(F)(F)F)cc1. The fourth-order valence-electron chi connectivity index (χ4n) is 2.80. The van der Waals surface area contributed by atoms with E-state index in [0.29, 0.717) is 18.7 Å². The van der Waals surface area contributed by atoms with Crippen molar-refractivity contribution >= 4 is 47.2 Å². The molecule has 0 spiro atoms. The number of guanidine groups is 1. The number of anilines is 2. The molecule has 0 bridgehead atoms. The second-order valence-electron chi connectivity index (χ2n) is 5.96. The van der Waals surface area contributed by atoms with Crippen LogP contribution in [0.2, 0.25) is 0 Å². The Labute approximate surface area is 176 Å². The Balaban J connectivity index is 0.00000280. The molecule has 4 N–H and O–H groups in total. The van der Waals surface area contributed by atoms with Gasteiger partial charge in [-0.25, -0.2) is 0 Å². The van der Waals surface area contributed by atoms with Crippen molar-refractivity contribution in [2.75, 3.05) is 17.2 Å².